The highest BCUT2D eigenvalue weighted by Gasteiger charge is 2.32. The third kappa shape index (κ3) is 3.82. The molecule has 0 fully saturated rings. The standard InChI is InChI=1S/C23H13Br2FO3/c24-15-9-14(10-18-21(27)16-6-2-3-7-17(16)22(18)28)23(19(25)11-15)29-12-13-5-1-4-8-20(13)26/h1-11H,12H2. The maximum absolute atomic E-state index is 13.9. The van der Waals surface area contributed by atoms with Crippen molar-refractivity contribution in [2.75, 3.05) is 0 Å². The Morgan fingerprint density at radius 3 is 2.17 bits per heavy atom. The number of ketones is 2. The molecular weight excluding hydrogens is 503 g/mol. The number of allylic oxidation sites excluding steroid dienone is 1. The number of rotatable bonds is 4. The molecule has 0 saturated heterocycles. The van der Waals surface area contributed by atoms with Gasteiger partial charge in [-0.15, -0.1) is 0 Å². The van der Waals surface area contributed by atoms with Crippen LogP contribution in [0.1, 0.15) is 31.8 Å². The second kappa shape index (κ2) is 8.05. The van der Waals surface area contributed by atoms with Crippen molar-refractivity contribution in [1.82, 2.24) is 0 Å². The number of ether oxygens (including phenoxy) is 1. The third-order valence-electron chi connectivity index (χ3n) is 4.57. The highest BCUT2D eigenvalue weighted by Crippen LogP contribution is 2.37. The SMILES string of the molecule is O=C1C(=Cc2cc(Br)cc(Br)c2OCc2ccccc2F)C(=O)c2ccccc21. The maximum Gasteiger partial charge on any atom is 0.197 e. The zero-order valence-corrected chi connectivity index (χ0v) is 18.1. The van der Waals surface area contributed by atoms with Crippen LogP contribution in [0.2, 0.25) is 0 Å². The monoisotopic (exact) mass is 514 g/mol. The topological polar surface area (TPSA) is 43.4 Å². The Morgan fingerprint density at radius 1 is 0.897 bits per heavy atom. The van der Waals surface area contributed by atoms with Crippen molar-refractivity contribution >= 4 is 49.5 Å². The minimum atomic E-state index is -0.364. The lowest BCUT2D eigenvalue weighted by atomic mass is 10.1. The normalized spacial score (nSPS) is 12.9. The molecule has 3 aromatic rings. The lowest BCUT2D eigenvalue weighted by Crippen LogP contribution is -2.03. The van der Waals surface area contributed by atoms with Gasteiger partial charge >= 0.3 is 0 Å². The molecule has 0 atom stereocenters. The first-order chi connectivity index (χ1) is 14.0. The predicted molar refractivity (Wildman–Crippen MR) is 116 cm³/mol. The Hall–Kier alpha value is -2.57. The summed E-state index contributed by atoms with van der Waals surface area (Å²) in [7, 11) is 0. The van der Waals surface area contributed by atoms with E-state index in [4.69, 9.17) is 4.74 Å². The number of benzene rings is 3. The average molecular weight is 516 g/mol. The van der Waals surface area contributed by atoms with Gasteiger partial charge in [0.15, 0.2) is 11.6 Å². The fourth-order valence-corrected chi connectivity index (χ4v) is 4.54. The minimum Gasteiger partial charge on any atom is -0.487 e. The molecule has 0 bridgehead atoms. The first kappa shape index (κ1) is 19.7. The number of hydrogen-bond donors (Lipinski definition) is 0. The first-order valence-electron chi connectivity index (χ1n) is 8.71. The lowest BCUT2D eigenvalue weighted by Gasteiger charge is -2.13. The molecule has 4 rings (SSSR count). The van der Waals surface area contributed by atoms with Gasteiger partial charge < -0.3 is 4.74 Å². The molecule has 0 aliphatic heterocycles. The molecule has 144 valence electrons. The molecule has 0 saturated carbocycles. The molecule has 29 heavy (non-hydrogen) atoms. The van der Waals surface area contributed by atoms with Gasteiger partial charge in [-0.1, -0.05) is 58.4 Å². The van der Waals surface area contributed by atoms with Crippen LogP contribution in [0.5, 0.6) is 5.75 Å². The van der Waals surface area contributed by atoms with Gasteiger partial charge in [-0.3, -0.25) is 9.59 Å². The fourth-order valence-electron chi connectivity index (χ4n) is 3.16. The molecule has 1 aliphatic rings. The number of fused-ring (bicyclic) bond motifs is 1. The molecule has 6 heteroatoms. The summed E-state index contributed by atoms with van der Waals surface area (Å²) in [5.74, 6) is -0.582. The maximum atomic E-state index is 13.9. The summed E-state index contributed by atoms with van der Waals surface area (Å²) >= 11 is 6.87. The molecule has 1 aliphatic carbocycles. The van der Waals surface area contributed by atoms with E-state index >= 15 is 0 Å². The van der Waals surface area contributed by atoms with Gasteiger partial charge in [0, 0.05) is 26.7 Å². The van der Waals surface area contributed by atoms with Gasteiger partial charge in [0.1, 0.15) is 18.2 Å². The third-order valence-corrected chi connectivity index (χ3v) is 5.62. The summed E-state index contributed by atoms with van der Waals surface area (Å²) in [6.45, 7) is 0.00516. The lowest BCUT2D eigenvalue weighted by molar-refractivity contribution is 0.0990. The Labute approximate surface area is 183 Å². The van der Waals surface area contributed by atoms with Crippen LogP contribution < -0.4 is 4.74 Å². The molecule has 0 radical (unpaired) electrons. The van der Waals surface area contributed by atoms with E-state index in [0.29, 0.717) is 32.5 Å². The number of Topliss-reactive ketones (excluding diaryl/α,β-unsaturated/α-hetero) is 2. The summed E-state index contributed by atoms with van der Waals surface area (Å²) in [5, 5.41) is 0. The quantitative estimate of drug-likeness (QED) is 0.298. The van der Waals surface area contributed by atoms with Crippen molar-refractivity contribution in [2.24, 2.45) is 0 Å². The Bertz CT molecular complexity index is 1150. The summed E-state index contributed by atoms with van der Waals surface area (Å²) in [4.78, 5) is 25.4. The van der Waals surface area contributed by atoms with Gasteiger partial charge in [-0.25, -0.2) is 4.39 Å². The van der Waals surface area contributed by atoms with Crippen LogP contribution in [0, 0.1) is 5.82 Å². The van der Waals surface area contributed by atoms with Gasteiger partial charge in [-0.2, -0.15) is 0 Å². The molecule has 0 unspecified atom stereocenters. The van der Waals surface area contributed by atoms with Crippen LogP contribution in [-0.2, 0) is 6.61 Å². The molecule has 0 N–H and O–H groups in total. The Kier molecular flexibility index (Phi) is 5.48. The van der Waals surface area contributed by atoms with Crippen LogP contribution in [0.4, 0.5) is 4.39 Å². The van der Waals surface area contributed by atoms with Crippen LogP contribution in [0.15, 0.2) is 75.2 Å². The molecule has 0 aromatic heterocycles. The van der Waals surface area contributed by atoms with Gasteiger partial charge in [0.2, 0.25) is 0 Å². The van der Waals surface area contributed by atoms with Gasteiger partial charge in [-0.05, 0) is 40.2 Å². The van der Waals surface area contributed by atoms with E-state index in [1.807, 2.05) is 0 Å². The zero-order chi connectivity index (χ0) is 20.5. The number of carbonyl (C=O) groups is 2. The van der Waals surface area contributed by atoms with Crippen molar-refractivity contribution in [3.8, 4) is 5.75 Å². The van der Waals surface area contributed by atoms with Gasteiger partial charge in [0.05, 0.1) is 10.0 Å². The van der Waals surface area contributed by atoms with Crippen molar-refractivity contribution in [2.45, 2.75) is 6.61 Å². The first-order valence-corrected chi connectivity index (χ1v) is 10.3. The van der Waals surface area contributed by atoms with E-state index in [0.717, 1.165) is 4.47 Å². The van der Waals surface area contributed by atoms with E-state index < -0.39 is 0 Å². The Morgan fingerprint density at radius 2 is 1.52 bits per heavy atom. The van der Waals surface area contributed by atoms with E-state index in [2.05, 4.69) is 31.9 Å². The largest absolute Gasteiger partial charge is 0.487 e. The average Bonchev–Trinajstić information content (AvgIpc) is 2.94. The van der Waals surface area contributed by atoms with Crippen LogP contribution in [-0.4, -0.2) is 11.6 Å². The van der Waals surface area contributed by atoms with Crippen molar-refractivity contribution in [3.05, 3.63) is 103 Å². The zero-order valence-electron chi connectivity index (χ0n) is 14.9. The van der Waals surface area contributed by atoms with Crippen LogP contribution in [0.25, 0.3) is 6.08 Å². The van der Waals surface area contributed by atoms with E-state index in [1.54, 1.807) is 54.6 Å². The van der Waals surface area contributed by atoms with Crippen molar-refractivity contribution in [1.29, 1.82) is 0 Å². The molecule has 0 spiro atoms. The van der Waals surface area contributed by atoms with Crippen molar-refractivity contribution in [3.63, 3.8) is 0 Å². The predicted octanol–water partition coefficient (Wildman–Crippen LogP) is 6.39. The summed E-state index contributed by atoms with van der Waals surface area (Å²) < 4.78 is 21.2. The highest BCUT2D eigenvalue weighted by molar-refractivity contribution is 9.11. The molecule has 3 aromatic carbocycles. The van der Waals surface area contributed by atoms with E-state index in [1.165, 1.54) is 12.1 Å². The van der Waals surface area contributed by atoms with Gasteiger partial charge in [0.25, 0.3) is 0 Å². The second-order valence-electron chi connectivity index (χ2n) is 6.45. The molecule has 0 amide bonds. The number of hydrogen-bond acceptors (Lipinski definition) is 3. The molecule has 3 nitrogen and oxygen atoms in total. The van der Waals surface area contributed by atoms with E-state index in [9.17, 15) is 14.0 Å². The van der Waals surface area contributed by atoms with Crippen LogP contribution in [0.3, 0.4) is 0 Å². The van der Waals surface area contributed by atoms with Crippen molar-refractivity contribution < 1.29 is 18.7 Å². The number of carbonyl (C=O) groups excluding carboxylic acids is 2. The highest BCUT2D eigenvalue weighted by atomic mass is 79.9. The molecular formula is C23H13Br2FO3. The Balaban J connectivity index is 1.73. The summed E-state index contributed by atoms with van der Waals surface area (Å²) in [5.41, 5.74) is 1.80. The minimum absolute atomic E-state index is 0.00516. The fraction of sp³-hybridized carbons (Fsp3) is 0.0435. The van der Waals surface area contributed by atoms with Crippen LogP contribution >= 0.6 is 31.9 Å². The summed E-state index contributed by atoms with van der Waals surface area (Å²) in [6.07, 6.45) is 1.52. The number of halogens is 3. The summed E-state index contributed by atoms with van der Waals surface area (Å²) in [6, 6.07) is 16.6. The molecule has 0 heterocycles. The smallest absolute Gasteiger partial charge is 0.197 e. The van der Waals surface area contributed by atoms with E-state index in [-0.39, 0.29) is 29.6 Å². The second-order valence-corrected chi connectivity index (χ2v) is 8.22.